The van der Waals surface area contributed by atoms with Crippen molar-refractivity contribution in [2.75, 3.05) is 0 Å². The van der Waals surface area contributed by atoms with Crippen molar-refractivity contribution in [1.82, 2.24) is 4.57 Å². The zero-order valence-electron chi connectivity index (χ0n) is 16.1. The molecule has 0 unspecified atom stereocenters. The standard InChI is InChI=1S/C23H19BrFN3OS/c24-15-9-10-19-17(12-15)14(13-26-19)11-21-22(29)28(16-5-1-2-6-16)23(30-21)27-20-8-4-3-7-18(20)25/h3-4,7-13,16,29H,1-2,5-6H2/b14-11-,27-23?. The zero-order valence-corrected chi connectivity index (χ0v) is 18.5. The molecule has 0 amide bonds. The van der Waals surface area contributed by atoms with Crippen molar-refractivity contribution in [2.45, 2.75) is 31.7 Å². The summed E-state index contributed by atoms with van der Waals surface area (Å²) in [6, 6.07) is 12.6. The molecule has 5 rings (SSSR count). The number of allylic oxidation sites excluding steroid dienone is 1. The number of halogens is 2. The number of thiazole rings is 1. The lowest BCUT2D eigenvalue weighted by Crippen LogP contribution is -2.18. The highest BCUT2D eigenvalue weighted by Crippen LogP contribution is 2.38. The number of hydrogen-bond donors (Lipinski definition) is 1. The number of benzene rings is 2. The fraction of sp³-hybridized carbons (Fsp3) is 0.217. The first-order chi connectivity index (χ1) is 14.6. The summed E-state index contributed by atoms with van der Waals surface area (Å²) in [5.74, 6) is -0.184. The summed E-state index contributed by atoms with van der Waals surface area (Å²) in [5, 5.41) is 11.1. The van der Waals surface area contributed by atoms with Gasteiger partial charge in [0.1, 0.15) is 11.5 Å². The first-order valence-corrected chi connectivity index (χ1v) is 11.5. The summed E-state index contributed by atoms with van der Waals surface area (Å²) >= 11 is 4.88. The second-order valence-electron chi connectivity index (χ2n) is 7.46. The van der Waals surface area contributed by atoms with Gasteiger partial charge in [0.2, 0.25) is 5.88 Å². The van der Waals surface area contributed by atoms with Gasteiger partial charge in [-0.1, -0.05) is 52.2 Å². The van der Waals surface area contributed by atoms with Gasteiger partial charge in [-0.25, -0.2) is 9.38 Å². The Hall–Kier alpha value is -2.51. The Labute approximate surface area is 185 Å². The van der Waals surface area contributed by atoms with Crippen LogP contribution in [0.5, 0.6) is 5.88 Å². The van der Waals surface area contributed by atoms with Gasteiger partial charge in [-0.3, -0.25) is 9.56 Å². The molecule has 1 aliphatic heterocycles. The molecule has 4 nitrogen and oxygen atoms in total. The third kappa shape index (κ3) is 3.56. The summed E-state index contributed by atoms with van der Waals surface area (Å²) in [6.07, 6.45) is 7.97. The van der Waals surface area contributed by atoms with Crippen LogP contribution in [0, 0.1) is 5.82 Å². The van der Waals surface area contributed by atoms with Gasteiger partial charge in [-0.05, 0) is 49.2 Å². The molecule has 0 radical (unpaired) electrons. The molecule has 2 aliphatic rings. The summed E-state index contributed by atoms with van der Waals surface area (Å²) in [5.41, 5.74) is 3.12. The van der Waals surface area contributed by atoms with Gasteiger partial charge < -0.3 is 5.11 Å². The number of rotatable bonds is 3. The van der Waals surface area contributed by atoms with E-state index in [-0.39, 0.29) is 23.4 Å². The van der Waals surface area contributed by atoms with Gasteiger partial charge in [-0.2, -0.15) is 0 Å². The molecule has 0 saturated heterocycles. The molecule has 1 saturated carbocycles. The molecule has 0 atom stereocenters. The van der Waals surface area contributed by atoms with E-state index < -0.39 is 0 Å². The lowest BCUT2D eigenvalue weighted by Gasteiger charge is -2.12. The van der Waals surface area contributed by atoms with E-state index in [1.165, 1.54) is 17.4 Å². The Morgan fingerprint density at radius 1 is 1.20 bits per heavy atom. The van der Waals surface area contributed by atoms with Gasteiger partial charge in [0.15, 0.2) is 4.80 Å². The number of para-hydroxylation sites is 1. The van der Waals surface area contributed by atoms with Crippen molar-refractivity contribution < 1.29 is 9.50 Å². The number of aromatic nitrogens is 1. The van der Waals surface area contributed by atoms with Crippen LogP contribution in [0.1, 0.15) is 42.2 Å². The van der Waals surface area contributed by atoms with Gasteiger partial charge in [0.25, 0.3) is 0 Å². The van der Waals surface area contributed by atoms with E-state index in [1.807, 2.05) is 35.1 Å². The number of nitrogens with zero attached hydrogens (tertiary/aromatic N) is 3. The van der Waals surface area contributed by atoms with Gasteiger partial charge >= 0.3 is 0 Å². The van der Waals surface area contributed by atoms with E-state index >= 15 is 0 Å². The molecule has 1 aromatic heterocycles. The maximum absolute atomic E-state index is 14.2. The molecule has 1 N–H and O–H groups in total. The third-order valence-electron chi connectivity index (χ3n) is 5.51. The molecule has 0 bridgehead atoms. The fourth-order valence-corrected chi connectivity index (χ4v) is 5.44. The molecule has 2 aromatic carbocycles. The van der Waals surface area contributed by atoms with E-state index in [9.17, 15) is 9.50 Å². The molecule has 2 heterocycles. The highest BCUT2D eigenvalue weighted by Gasteiger charge is 2.24. The second kappa shape index (κ2) is 7.96. The van der Waals surface area contributed by atoms with E-state index in [2.05, 4.69) is 25.9 Å². The fourth-order valence-electron chi connectivity index (χ4n) is 4.03. The Morgan fingerprint density at radius 2 is 2.00 bits per heavy atom. The van der Waals surface area contributed by atoms with Crippen LogP contribution in [0.4, 0.5) is 15.8 Å². The van der Waals surface area contributed by atoms with Crippen LogP contribution in [0.25, 0.3) is 11.6 Å². The molecule has 30 heavy (non-hydrogen) atoms. The molecule has 1 fully saturated rings. The minimum atomic E-state index is -0.370. The van der Waals surface area contributed by atoms with Gasteiger partial charge in [-0.15, -0.1) is 0 Å². The van der Waals surface area contributed by atoms with Gasteiger partial charge in [0.05, 0.1) is 10.6 Å². The zero-order chi connectivity index (χ0) is 20.7. The average Bonchev–Trinajstić information content (AvgIpc) is 3.45. The Balaban J connectivity index is 1.66. The maximum Gasteiger partial charge on any atom is 0.211 e. The van der Waals surface area contributed by atoms with Gasteiger partial charge in [0, 0.05) is 27.9 Å². The monoisotopic (exact) mass is 483 g/mol. The van der Waals surface area contributed by atoms with Crippen molar-refractivity contribution >= 4 is 56.5 Å². The van der Waals surface area contributed by atoms with Crippen LogP contribution in [-0.4, -0.2) is 15.9 Å². The highest BCUT2D eigenvalue weighted by atomic mass is 79.9. The molecule has 152 valence electrons. The molecule has 0 spiro atoms. The first kappa shape index (κ1) is 19.5. The summed E-state index contributed by atoms with van der Waals surface area (Å²) < 4.78 is 17.1. The van der Waals surface area contributed by atoms with Crippen molar-refractivity contribution in [3.8, 4) is 5.88 Å². The Morgan fingerprint density at radius 3 is 2.80 bits per heavy atom. The minimum Gasteiger partial charge on any atom is -0.493 e. The molecule has 3 aromatic rings. The Bertz CT molecular complexity index is 1250. The minimum absolute atomic E-state index is 0.178. The van der Waals surface area contributed by atoms with E-state index in [1.54, 1.807) is 18.2 Å². The lowest BCUT2D eigenvalue weighted by atomic mass is 10.1. The predicted octanol–water partition coefficient (Wildman–Crippen LogP) is 6.76. The van der Waals surface area contributed by atoms with Crippen molar-refractivity contribution in [3.63, 3.8) is 0 Å². The SMILES string of the molecule is Oc1c(/C=C2/C=Nc3ccc(Br)cc32)sc(=Nc2ccccc2F)n1C1CCCC1. The van der Waals surface area contributed by atoms with Crippen LogP contribution in [0.2, 0.25) is 0 Å². The summed E-state index contributed by atoms with van der Waals surface area (Å²) in [6.45, 7) is 0. The number of aliphatic imine (C=N–C) groups is 1. The predicted molar refractivity (Wildman–Crippen MR) is 123 cm³/mol. The summed E-state index contributed by atoms with van der Waals surface area (Å²) in [7, 11) is 0. The smallest absolute Gasteiger partial charge is 0.211 e. The van der Waals surface area contributed by atoms with Crippen LogP contribution in [0.3, 0.4) is 0 Å². The Kier molecular flexibility index (Phi) is 5.16. The van der Waals surface area contributed by atoms with Crippen molar-refractivity contribution in [2.24, 2.45) is 9.98 Å². The number of aromatic hydroxyl groups is 1. The van der Waals surface area contributed by atoms with Crippen LogP contribution in [-0.2, 0) is 0 Å². The van der Waals surface area contributed by atoms with Crippen molar-refractivity contribution in [1.29, 1.82) is 0 Å². The molecule has 7 heteroatoms. The first-order valence-electron chi connectivity index (χ1n) is 9.89. The maximum atomic E-state index is 14.2. The van der Waals surface area contributed by atoms with Crippen LogP contribution >= 0.6 is 27.3 Å². The quantitative estimate of drug-likeness (QED) is 0.439. The molecule has 1 aliphatic carbocycles. The highest BCUT2D eigenvalue weighted by molar-refractivity contribution is 9.10. The second-order valence-corrected chi connectivity index (χ2v) is 9.39. The molecular formula is C23H19BrFN3OS. The van der Waals surface area contributed by atoms with E-state index in [4.69, 9.17) is 0 Å². The van der Waals surface area contributed by atoms with Crippen molar-refractivity contribution in [3.05, 3.63) is 68.0 Å². The summed E-state index contributed by atoms with van der Waals surface area (Å²) in [4.78, 5) is 10.4. The third-order valence-corrected chi connectivity index (χ3v) is 7.00. The van der Waals surface area contributed by atoms with Crippen LogP contribution in [0.15, 0.2) is 56.9 Å². The number of hydrogen-bond acceptors (Lipinski definition) is 4. The number of fused-ring (bicyclic) bond motifs is 1. The topological polar surface area (TPSA) is 49.9 Å². The normalized spacial score (nSPS) is 17.9. The van der Waals surface area contributed by atoms with Crippen LogP contribution < -0.4 is 4.80 Å². The van der Waals surface area contributed by atoms with E-state index in [0.29, 0.717) is 9.68 Å². The molecular weight excluding hydrogens is 465 g/mol. The average molecular weight is 484 g/mol. The lowest BCUT2D eigenvalue weighted by molar-refractivity contribution is 0.375. The largest absolute Gasteiger partial charge is 0.493 e. The van der Waals surface area contributed by atoms with E-state index in [0.717, 1.165) is 47.0 Å².